The van der Waals surface area contributed by atoms with E-state index < -0.39 is 0 Å². The first-order valence-electron chi connectivity index (χ1n) is 5.76. The van der Waals surface area contributed by atoms with Crippen LogP contribution < -0.4 is 4.74 Å². The van der Waals surface area contributed by atoms with Gasteiger partial charge in [-0.1, -0.05) is 15.9 Å². The summed E-state index contributed by atoms with van der Waals surface area (Å²) in [6, 6.07) is 7.35. The molecule has 6 heteroatoms. The summed E-state index contributed by atoms with van der Waals surface area (Å²) in [5.74, 6) is 1.32. The van der Waals surface area contributed by atoms with Crippen molar-refractivity contribution in [2.75, 3.05) is 13.7 Å². The molecular weight excluding hydrogens is 310 g/mol. The lowest BCUT2D eigenvalue weighted by Gasteiger charge is -2.16. The van der Waals surface area contributed by atoms with Crippen molar-refractivity contribution in [2.24, 2.45) is 0 Å². The highest BCUT2D eigenvalue weighted by molar-refractivity contribution is 9.10. The van der Waals surface area contributed by atoms with Gasteiger partial charge in [0.1, 0.15) is 11.6 Å². The van der Waals surface area contributed by atoms with Crippen molar-refractivity contribution < 1.29 is 9.53 Å². The van der Waals surface area contributed by atoms with Gasteiger partial charge in [0.25, 0.3) is 5.91 Å². The summed E-state index contributed by atoms with van der Waals surface area (Å²) < 4.78 is 6.39. The van der Waals surface area contributed by atoms with Crippen LogP contribution in [0.2, 0.25) is 0 Å². The number of amides is 1. The number of halogens is 1. The summed E-state index contributed by atoms with van der Waals surface area (Å²) in [4.78, 5) is 20.4. The minimum Gasteiger partial charge on any atom is -0.484 e. The lowest BCUT2D eigenvalue weighted by Crippen LogP contribution is -2.31. The number of aromatic nitrogens is 2. The zero-order valence-corrected chi connectivity index (χ0v) is 12.1. The maximum absolute atomic E-state index is 11.9. The van der Waals surface area contributed by atoms with E-state index in [1.807, 2.05) is 24.3 Å². The molecule has 1 aromatic carbocycles. The van der Waals surface area contributed by atoms with Crippen LogP contribution in [-0.4, -0.2) is 34.4 Å². The van der Waals surface area contributed by atoms with Gasteiger partial charge in [-0.3, -0.25) is 4.79 Å². The van der Waals surface area contributed by atoms with Crippen molar-refractivity contribution in [3.8, 4) is 5.75 Å². The quantitative estimate of drug-likeness (QED) is 0.917. The minimum atomic E-state index is -0.0979. The van der Waals surface area contributed by atoms with Crippen LogP contribution in [0.4, 0.5) is 0 Å². The van der Waals surface area contributed by atoms with Crippen LogP contribution in [0.1, 0.15) is 5.82 Å². The average Bonchev–Trinajstić information content (AvgIpc) is 2.90. The molecule has 1 amide bonds. The van der Waals surface area contributed by atoms with Crippen molar-refractivity contribution in [1.82, 2.24) is 14.9 Å². The molecule has 0 aliphatic rings. The molecule has 0 atom stereocenters. The smallest absolute Gasteiger partial charge is 0.260 e. The Bertz CT molecular complexity index is 525. The molecule has 0 radical (unpaired) electrons. The fraction of sp³-hybridized carbons (Fsp3) is 0.231. The Hall–Kier alpha value is -1.82. The monoisotopic (exact) mass is 323 g/mol. The Labute approximate surface area is 119 Å². The van der Waals surface area contributed by atoms with Crippen LogP contribution in [0.25, 0.3) is 0 Å². The molecule has 0 bridgehead atoms. The molecular formula is C13H14BrN3O2. The highest BCUT2D eigenvalue weighted by atomic mass is 79.9. The number of H-pyrrole nitrogens is 1. The Morgan fingerprint density at radius 3 is 2.79 bits per heavy atom. The van der Waals surface area contributed by atoms with E-state index in [2.05, 4.69) is 25.9 Å². The lowest BCUT2D eigenvalue weighted by molar-refractivity contribution is -0.132. The van der Waals surface area contributed by atoms with Crippen molar-refractivity contribution >= 4 is 21.8 Å². The van der Waals surface area contributed by atoms with E-state index in [1.165, 1.54) is 0 Å². The largest absolute Gasteiger partial charge is 0.484 e. The summed E-state index contributed by atoms with van der Waals surface area (Å²) in [6.07, 6.45) is 3.39. The highest BCUT2D eigenvalue weighted by Gasteiger charge is 2.11. The van der Waals surface area contributed by atoms with E-state index in [9.17, 15) is 4.79 Å². The third kappa shape index (κ3) is 4.10. The number of nitrogens with zero attached hydrogens (tertiary/aromatic N) is 2. The van der Waals surface area contributed by atoms with Crippen LogP contribution in [0.5, 0.6) is 5.75 Å². The third-order valence-corrected chi connectivity index (χ3v) is 3.07. The first kappa shape index (κ1) is 13.6. The maximum Gasteiger partial charge on any atom is 0.260 e. The minimum absolute atomic E-state index is 0.0127. The fourth-order valence-electron chi connectivity index (χ4n) is 1.48. The molecule has 0 unspecified atom stereocenters. The number of aromatic amines is 1. The number of benzene rings is 1. The second-order valence-electron chi connectivity index (χ2n) is 4.03. The molecule has 1 heterocycles. The lowest BCUT2D eigenvalue weighted by atomic mass is 10.3. The number of likely N-dealkylation sites (N-methyl/N-ethyl adjacent to an activating group) is 1. The van der Waals surface area contributed by atoms with Crippen molar-refractivity contribution in [3.63, 3.8) is 0 Å². The van der Waals surface area contributed by atoms with Crippen molar-refractivity contribution in [1.29, 1.82) is 0 Å². The summed E-state index contributed by atoms with van der Waals surface area (Å²) in [6.45, 7) is 0.453. The molecule has 0 aliphatic carbocycles. The van der Waals surface area contributed by atoms with Gasteiger partial charge in [0.15, 0.2) is 6.61 Å². The predicted octanol–water partition coefficient (Wildman–Crippen LogP) is 2.21. The van der Waals surface area contributed by atoms with E-state index in [0.717, 1.165) is 10.3 Å². The van der Waals surface area contributed by atoms with Crippen LogP contribution in [-0.2, 0) is 11.3 Å². The van der Waals surface area contributed by atoms with Gasteiger partial charge in [-0.15, -0.1) is 0 Å². The van der Waals surface area contributed by atoms with Gasteiger partial charge in [0.2, 0.25) is 0 Å². The van der Waals surface area contributed by atoms with Gasteiger partial charge >= 0.3 is 0 Å². The molecule has 0 aliphatic heterocycles. The van der Waals surface area contributed by atoms with Crippen molar-refractivity contribution in [2.45, 2.75) is 6.54 Å². The van der Waals surface area contributed by atoms with E-state index in [4.69, 9.17) is 4.74 Å². The molecule has 1 N–H and O–H groups in total. The van der Waals surface area contributed by atoms with E-state index in [1.54, 1.807) is 24.3 Å². The molecule has 0 saturated carbocycles. The van der Waals surface area contributed by atoms with Gasteiger partial charge in [-0.2, -0.15) is 0 Å². The number of carbonyl (C=O) groups excluding carboxylic acids is 1. The zero-order chi connectivity index (χ0) is 13.7. The van der Waals surface area contributed by atoms with E-state index >= 15 is 0 Å². The van der Waals surface area contributed by atoms with Crippen LogP contribution in [0, 0.1) is 0 Å². The van der Waals surface area contributed by atoms with Gasteiger partial charge in [0.05, 0.1) is 6.54 Å². The van der Waals surface area contributed by atoms with Crippen LogP contribution in [0.3, 0.4) is 0 Å². The number of hydrogen-bond donors (Lipinski definition) is 1. The van der Waals surface area contributed by atoms with Gasteiger partial charge in [0, 0.05) is 23.9 Å². The first-order valence-corrected chi connectivity index (χ1v) is 6.55. The Morgan fingerprint density at radius 2 is 2.16 bits per heavy atom. The Morgan fingerprint density at radius 1 is 1.42 bits per heavy atom. The van der Waals surface area contributed by atoms with Gasteiger partial charge in [-0.25, -0.2) is 4.98 Å². The van der Waals surface area contributed by atoms with Gasteiger partial charge in [-0.05, 0) is 24.3 Å². The summed E-state index contributed by atoms with van der Waals surface area (Å²) in [7, 11) is 1.72. The molecule has 2 rings (SSSR count). The van der Waals surface area contributed by atoms with Crippen LogP contribution in [0.15, 0.2) is 41.1 Å². The molecule has 0 saturated heterocycles. The van der Waals surface area contributed by atoms with Crippen LogP contribution >= 0.6 is 15.9 Å². The molecule has 100 valence electrons. The van der Waals surface area contributed by atoms with Gasteiger partial charge < -0.3 is 14.6 Å². The number of ether oxygens (including phenoxy) is 1. The summed E-state index contributed by atoms with van der Waals surface area (Å²) in [5.41, 5.74) is 0. The molecule has 5 nitrogen and oxygen atoms in total. The SMILES string of the molecule is CN(Cc1ncc[nH]1)C(=O)COc1ccc(Br)cc1. The Balaban J connectivity index is 1.82. The molecule has 0 spiro atoms. The number of rotatable bonds is 5. The van der Waals surface area contributed by atoms with Crippen molar-refractivity contribution in [3.05, 3.63) is 47.0 Å². The normalized spacial score (nSPS) is 10.2. The Kier molecular flexibility index (Phi) is 4.57. The molecule has 0 fully saturated rings. The second kappa shape index (κ2) is 6.38. The van der Waals surface area contributed by atoms with E-state index in [0.29, 0.717) is 12.3 Å². The fourth-order valence-corrected chi connectivity index (χ4v) is 1.75. The number of nitrogens with one attached hydrogen (secondary N) is 1. The highest BCUT2D eigenvalue weighted by Crippen LogP contribution is 2.16. The maximum atomic E-state index is 11.9. The standard InChI is InChI=1S/C13H14BrN3O2/c1-17(8-12-15-6-7-16-12)13(18)9-19-11-4-2-10(14)3-5-11/h2-7H,8-9H2,1H3,(H,15,16). The molecule has 19 heavy (non-hydrogen) atoms. The second-order valence-corrected chi connectivity index (χ2v) is 4.94. The topological polar surface area (TPSA) is 58.2 Å². The number of carbonyl (C=O) groups is 1. The third-order valence-electron chi connectivity index (χ3n) is 2.54. The summed E-state index contributed by atoms with van der Waals surface area (Å²) >= 11 is 3.34. The number of hydrogen-bond acceptors (Lipinski definition) is 3. The van der Waals surface area contributed by atoms with E-state index in [-0.39, 0.29) is 12.5 Å². The molecule has 2 aromatic rings. The molecule has 1 aromatic heterocycles. The predicted molar refractivity (Wildman–Crippen MR) is 74.7 cm³/mol. The number of imidazole rings is 1. The first-order chi connectivity index (χ1) is 9.15. The zero-order valence-electron chi connectivity index (χ0n) is 10.5. The average molecular weight is 324 g/mol. The summed E-state index contributed by atoms with van der Waals surface area (Å²) in [5, 5.41) is 0.